The van der Waals surface area contributed by atoms with Gasteiger partial charge in [-0.15, -0.1) is 0 Å². The van der Waals surface area contributed by atoms with Gasteiger partial charge >= 0.3 is 0 Å². The number of H-pyrrole nitrogens is 1. The first kappa shape index (κ1) is 19.0. The quantitative estimate of drug-likeness (QED) is 0.637. The van der Waals surface area contributed by atoms with E-state index in [-0.39, 0.29) is 5.91 Å². The number of rotatable bonds is 7. The number of likely N-dealkylation sites (N-methyl/N-ethyl adjacent to an activating group) is 1. The maximum atomic E-state index is 12.5. The molecule has 7 heteroatoms. The van der Waals surface area contributed by atoms with Crippen molar-refractivity contribution in [1.82, 2.24) is 24.6 Å². The van der Waals surface area contributed by atoms with E-state index in [1.165, 1.54) is 0 Å². The Hall–Kier alpha value is -2.80. The van der Waals surface area contributed by atoms with Crippen LogP contribution < -0.4 is 0 Å². The first-order valence-corrected chi connectivity index (χ1v) is 9.31. The highest BCUT2D eigenvalue weighted by Crippen LogP contribution is 2.19. The van der Waals surface area contributed by atoms with Crippen molar-refractivity contribution in [2.75, 3.05) is 13.6 Å². The lowest BCUT2D eigenvalue weighted by Crippen LogP contribution is -2.29. The van der Waals surface area contributed by atoms with Crippen molar-refractivity contribution in [2.24, 2.45) is 0 Å². The third-order valence-corrected chi connectivity index (χ3v) is 4.75. The number of aryl methyl sites for hydroxylation is 1. The molecule has 6 nitrogen and oxygen atoms in total. The number of hydrogen-bond donors (Lipinski definition) is 1. The second-order valence-electron chi connectivity index (χ2n) is 6.51. The van der Waals surface area contributed by atoms with Crippen LogP contribution in [0.25, 0.3) is 11.4 Å². The maximum Gasteiger partial charge on any atom is 0.224 e. The Morgan fingerprint density at radius 1 is 1.26 bits per heavy atom. The Bertz CT molecular complexity index is 964. The van der Waals surface area contributed by atoms with Crippen LogP contribution in [0.4, 0.5) is 0 Å². The molecule has 3 rings (SSSR count). The minimum atomic E-state index is 0.0734. The van der Waals surface area contributed by atoms with Crippen LogP contribution in [-0.2, 0) is 17.8 Å². The highest BCUT2D eigenvalue weighted by molar-refractivity contribution is 7.71. The number of carbonyl (C=O) groups is 1. The molecular formula is C20H23N5OS. The van der Waals surface area contributed by atoms with Crippen LogP contribution in [0, 0.1) is 11.7 Å². The van der Waals surface area contributed by atoms with Crippen molar-refractivity contribution in [3.8, 4) is 11.4 Å². The number of nitrogens with one attached hydrogen (secondary N) is 1. The summed E-state index contributed by atoms with van der Waals surface area (Å²) >= 11 is 5.35. The number of aromatic nitrogens is 4. The van der Waals surface area contributed by atoms with Gasteiger partial charge in [0, 0.05) is 50.4 Å². The largest absolute Gasteiger partial charge is 0.345 e. The predicted molar refractivity (Wildman–Crippen MR) is 108 cm³/mol. The van der Waals surface area contributed by atoms with E-state index in [1.807, 2.05) is 54.9 Å². The summed E-state index contributed by atoms with van der Waals surface area (Å²) in [5.41, 5.74) is 3.12. The molecule has 27 heavy (non-hydrogen) atoms. The van der Waals surface area contributed by atoms with E-state index < -0.39 is 0 Å². The zero-order valence-electron chi connectivity index (χ0n) is 15.6. The Morgan fingerprint density at radius 2 is 2.11 bits per heavy atom. The van der Waals surface area contributed by atoms with Gasteiger partial charge in [-0.2, -0.15) is 5.10 Å². The van der Waals surface area contributed by atoms with Gasteiger partial charge in [0.2, 0.25) is 5.91 Å². The molecule has 0 aliphatic rings. The van der Waals surface area contributed by atoms with E-state index >= 15 is 0 Å². The standard InChI is InChI=1S/C20H23N5OS/c1-15-6-5-7-16(14-15)19-22-23-20(27)25(19)13-10-18(26)24(2)12-9-17-8-3-4-11-21-17/h3-8,11,14H,9-10,12-13H2,1-2H3,(H,23,27). The molecule has 0 unspecified atom stereocenters. The highest BCUT2D eigenvalue weighted by Gasteiger charge is 2.13. The van der Waals surface area contributed by atoms with Crippen molar-refractivity contribution in [1.29, 1.82) is 0 Å². The average molecular weight is 382 g/mol. The maximum absolute atomic E-state index is 12.5. The summed E-state index contributed by atoms with van der Waals surface area (Å²) in [6.07, 6.45) is 2.87. The van der Waals surface area contributed by atoms with Crippen molar-refractivity contribution >= 4 is 18.1 Å². The Balaban J connectivity index is 1.62. The summed E-state index contributed by atoms with van der Waals surface area (Å²) in [5, 5.41) is 7.18. The fourth-order valence-corrected chi connectivity index (χ4v) is 3.10. The fraction of sp³-hybridized carbons (Fsp3) is 0.300. The molecule has 2 aromatic heterocycles. The molecule has 3 aromatic rings. The molecule has 1 amide bonds. The van der Waals surface area contributed by atoms with Gasteiger partial charge in [-0.25, -0.2) is 0 Å². The topological polar surface area (TPSA) is 66.8 Å². The second kappa shape index (κ2) is 8.73. The lowest BCUT2D eigenvalue weighted by Gasteiger charge is -2.17. The molecule has 140 valence electrons. The van der Waals surface area contributed by atoms with Crippen LogP contribution in [0.5, 0.6) is 0 Å². The lowest BCUT2D eigenvalue weighted by molar-refractivity contribution is -0.130. The first-order chi connectivity index (χ1) is 13.0. The molecule has 0 saturated carbocycles. The first-order valence-electron chi connectivity index (χ1n) is 8.90. The van der Waals surface area contributed by atoms with Gasteiger partial charge in [-0.3, -0.25) is 19.4 Å². The number of carbonyl (C=O) groups excluding carboxylic acids is 1. The molecular weight excluding hydrogens is 358 g/mol. The van der Waals surface area contributed by atoms with E-state index in [9.17, 15) is 4.79 Å². The normalized spacial score (nSPS) is 10.7. The molecule has 0 fully saturated rings. The molecule has 0 aliphatic heterocycles. The van der Waals surface area contributed by atoms with Gasteiger partial charge in [-0.1, -0.05) is 29.8 Å². The third-order valence-electron chi connectivity index (χ3n) is 4.44. The van der Waals surface area contributed by atoms with Crippen LogP contribution in [0.3, 0.4) is 0 Å². The predicted octanol–water partition coefficient (Wildman–Crippen LogP) is 3.40. The van der Waals surface area contributed by atoms with Crippen molar-refractivity contribution in [2.45, 2.75) is 26.3 Å². The highest BCUT2D eigenvalue weighted by atomic mass is 32.1. The molecule has 1 N–H and O–H groups in total. The van der Waals surface area contributed by atoms with Crippen LogP contribution in [-0.4, -0.2) is 44.1 Å². The monoisotopic (exact) mass is 381 g/mol. The smallest absolute Gasteiger partial charge is 0.224 e. The molecule has 2 heterocycles. The number of nitrogens with zero attached hydrogens (tertiary/aromatic N) is 4. The van der Waals surface area contributed by atoms with E-state index in [1.54, 1.807) is 11.1 Å². The molecule has 1 aromatic carbocycles. The summed E-state index contributed by atoms with van der Waals surface area (Å²) in [7, 11) is 1.82. The van der Waals surface area contributed by atoms with Crippen LogP contribution in [0.2, 0.25) is 0 Å². The van der Waals surface area contributed by atoms with Gasteiger partial charge < -0.3 is 4.90 Å². The summed E-state index contributed by atoms with van der Waals surface area (Å²) in [4.78, 5) is 18.5. The number of hydrogen-bond acceptors (Lipinski definition) is 4. The molecule has 0 spiro atoms. The lowest BCUT2D eigenvalue weighted by atomic mass is 10.1. The summed E-state index contributed by atoms with van der Waals surface area (Å²) < 4.78 is 2.41. The van der Waals surface area contributed by atoms with Gasteiger partial charge in [0.05, 0.1) is 0 Å². The third kappa shape index (κ3) is 4.89. The van der Waals surface area contributed by atoms with E-state index in [4.69, 9.17) is 12.2 Å². The van der Waals surface area contributed by atoms with Crippen LogP contribution in [0.15, 0.2) is 48.7 Å². The summed E-state index contributed by atoms with van der Waals surface area (Å²) in [5.74, 6) is 0.830. The zero-order valence-corrected chi connectivity index (χ0v) is 16.4. The summed E-state index contributed by atoms with van der Waals surface area (Å²) in [6.45, 7) is 3.16. The fourth-order valence-electron chi connectivity index (χ4n) is 2.88. The minimum Gasteiger partial charge on any atom is -0.345 e. The van der Waals surface area contributed by atoms with Crippen molar-refractivity contribution in [3.05, 3.63) is 64.7 Å². The van der Waals surface area contributed by atoms with E-state index in [2.05, 4.69) is 21.2 Å². The minimum absolute atomic E-state index is 0.0734. The van der Waals surface area contributed by atoms with Crippen LogP contribution in [0.1, 0.15) is 17.7 Å². The van der Waals surface area contributed by atoms with Gasteiger partial charge in [-0.05, 0) is 37.3 Å². The zero-order chi connectivity index (χ0) is 19.2. The number of aromatic amines is 1. The SMILES string of the molecule is Cc1cccc(-c2n[nH]c(=S)n2CCC(=O)N(C)CCc2ccccn2)c1. The van der Waals surface area contributed by atoms with Crippen LogP contribution >= 0.6 is 12.2 Å². The Kier molecular flexibility index (Phi) is 6.13. The van der Waals surface area contributed by atoms with E-state index in [0.29, 0.717) is 24.3 Å². The summed E-state index contributed by atoms with van der Waals surface area (Å²) in [6, 6.07) is 13.9. The molecule has 0 aliphatic carbocycles. The Labute approximate surface area is 163 Å². The molecule has 0 atom stereocenters. The van der Waals surface area contributed by atoms with Crippen molar-refractivity contribution < 1.29 is 4.79 Å². The van der Waals surface area contributed by atoms with E-state index in [0.717, 1.165) is 29.1 Å². The molecule has 0 bridgehead atoms. The van der Waals surface area contributed by atoms with Gasteiger partial charge in [0.1, 0.15) is 0 Å². The number of pyridine rings is 1. The number of benzene rings is 1. The molecule has 0 saturated heterocycles. The van der Waals surface area contributed by atoms with Gasteiger partial charge in [0.15, 0.2) is 10.6 Å². The van der Waals surface area contributed by atoms with Crippen molar-refractivity contribution in [3.63, 3.8) is 0 Å². The number of amides is 1. The molecule has 0 radical (unpaired) electrons. The second-order valence-corrected chi connectivity index (χ2v) is 6.90. The van der Waals surface area contributed by atoms with Gasteiger partial charge in [0.25, 0.3) is 0 Å². The average Bonchev–Trinajstić information content (AvgIpc) is 3.05. The Morgan fingerprint density at radius 3 is 2.85 bits per heavy atom.